The first-order valence-electron chi connectivity index (χ1n) is 6.06. The number of rotatable bonds is 4. The van der Waals surface area contributed by atoms with Crippen molar-refractivity contribution in [3.8, 4) is 0 Å². The van der Waals surface area contributed by atoms with Crippen LogP contribution in [0.1, 0.15) is 29.8 Å². The summed E-state index contributed by atoms with van der Waals surface area (Å²) in [4.78, 5) is 4.30. The van der Waals surface area contributed by atoms with Crippen LogP contribution in [0.3, 0.4) is 0 Å². The van der Waals surface area contributed by atoms with Crippen LogP contribution in [-0.2, 0) is 6.54 Å². The molecule has 1 N–H and O–H groups in total. The molecule has 18 heavy (non-hydrogen) atoms. The summed E-state index contributed by atoms with van der Waals surface area (Å²) in [6, 6.07) is 10.9. The Balaban J connectivity index is 1.99. The second kappa shape index (κ2) is 5.74. The molecule has 0 aliphatic heterocycles. The van der Waals surface area contributed by atoms with Crippen molar-refractivity contribution in [2.24, 2.45) is 0 Å². The number of pyridine rings is 1. The second-order valence-electron chi connectivity index (χ2n) is 4.43. The summed E-state index contributed by atoms with van der Waals surface area (Å²) in [5, 5.41) is 3.39. The van der Waals surface area contributed by atoms with Crippen molar-refractivity contribution in [2.75, 3.05) is 0 Å². The first-order valence-corrected chi connectivity index (χ1v) is 6.06. The largest absolute Gasteiger partial charge is 0.305 e. The van der Waals surface area contributed by atoms with E-state index in [-0.39, 0.29) is 11.9 Å². The minimum atomic E-state index is -0.186. The van der Waals surface area contributed by atoms with Gasteiger partial charge in [0, 0.05) is 18.8 Å². The Labute approximate surface area is 107 Å². The minimum absolute atomic E-state index is 0.177. The molecular weight excluding hydrogens is 227 g/mol. The highest BCUT2D eigenvalue weighted by Crippen LogP contribution is 2.13. The fourth-order valence-electron chi connectivity index (χ4n) is 1.86. The molecule has 0 bridgehead atoms. The Morgan fingerprint density at radius 3 is 2.78 bits per heavy atom. The smallest absolute Gasteiger partial charge is 0.123 e. The van der Waals surface area contributed by atoms with Gasteiger partial charge in [-0.1, -0.05) is 12.1 Å². The molecule has 1 aromatic carbocycles. The summed E-state index contributed by atoms with van der Waals surface area (Å²) in [7, 11) is 0. The zero-order valence-corrected chi connectivity index (χ0v) is 10.7. The van der Waals surface area contributed by atoms with Crippen molar-refractivity contribution >= 4 is 0 Å². The molecule has 0 saturated carbocycles. The fraction of sp³-hybridized carbons (Fsp3) is 0.267. The van der Waals surface area contributed by atoms with Crippen molar-refractivity contribution in [1.29, 1.82) is 0 Å². The van der Waals surface area contributed by atoms with E-state index >= 15 is 0 Å². The van der Waals surface area contributed by atoms with Crippen molar-refractivity contribution < 1.29 is 4.39 Å². The molecule has 0 saturated heterocycles. The number of aromatic nitrogens is 1. The van der Waals surface area contributed by atoms with Gasteiger partial charge in [0.25, 0.3) is 0 Å². The Morgan fingerprint density at radius 2 is 2.11 bits per heavy atom. The van der Waals surface area contributed by atoms with Crippen LogP contribution in [0.4, 0.5) is 4.39 Å². The quantitative estimate of drug-likeness (QED) is 0.891. The third kappa shape index (κ3) is 3.14. The van der Waals surface area contributed by atoms with Gasteiger partial charge in [-0.2, -0.15) is 0 Å². The maximum atomic E-state index is 13.0. The molecule has 0 radical (unpaired) electrons. The molecule has 0 aliphatic carbocycles. The molecule has 0 spiro atoms. The summed E-state index contributed by atoms with van der Waals surface area (Å²) in [6.45, 7) is 4.70. The van der Waals surface area contributed by atoms with Crippen LogP contribution in [0.15, 0.2) is 42.6 Å². The maximum Gasteiger partial charge on any atom is 0.123 e. The van der Waals surface area contributed by atoms with Gasteiger partial charge in [-0.15, -0.1) is 0 Å². The Kier molecular flexibility index (Phi) is 4.05. The van der Waals surface area contributed by atoms with Gasteiger partial charge in [-0.05, 0) is 49.2 Å². The van der Waals surface area contributed by atoms with Crippen LogP contribution >= 0.6 is 0 Å². The molecular formula is C15H17FN2. The molecule has 2 rings (SSSR count). The van der Waals surface area contributed by atoms with Gasteiger partial charge < -0.3 is 5.32 Å². The fourth-order valence-corrected chi connectivity index (χ4v) is 1.86. The predicted molar refractivity (Wildman–Crippen MR) is 70.6 cm³/mol. The summed E-state index contributed by atoms with van der Waals surface area (Å²) < 4.78 is 13.0. The Hall–Kier alpha value is -1.74. The SMILES string of the molecule is Cc1cc(F)ccc1CN[C@@H](C)c1ccccn1. The summed E-state index contributed by atoms with van der Waals surface area (Å²) in [5.41, 5.74) is 3.09. The number of benzene rings is 1. The van der Waals surface area contributed by atoms with Gasteiger partial charge in [-0.25, -0.2) is 4.39 Å². The molecule has 0 aliphatic rings. The number of nitrogens with one attached hydrogen (secondary N) is 1. The van der Waals surface area contributed by atoms with Crippen molar-refractivity contribution in [1.82, 2.24) is 10.3 Å². The van der Waals surface area contributed by atoms with E-state index in [0.717, 1.165) is 16.8 Å². The zero-order valence-electron chi connectivity index (χ0n) is 10.7. The summed E-state index contributed by atoms with van der Waals surface area (Å²) >= 11 is 0. The molecule has 0 amide bonds. The third-order valence-electron chi connectivity index (χ3n) is 3.03. The van der Waals surface area contributed by atoms with Gasteiger partial charge >= 0.3 is 0 Å². The number of aryl methyl sites for hydroxylation is 1. The second-order valence-corrected chi connectivity index (χ2v) is 4.43. The molecule has 1 heterocycles. The lowest BCUT2D eigenvalue weighted by Gasteiger charge is -2.14. The van der Waals surface area contributed by atoms with E-state index in [2.05, 4.69) is 17.2 Å². The molecule has 2 nitrogen and oxygen atoms in total. The van der Waals surface area contributed by atoms with Crippen LogP contribution < -0.4 is 5.32 Å². The van der Waals surface area contributed by atoms with E-state index in [1.54, 1.807) is 12.3 Å². The molecule has 1 aromatic heterocycles. The summed E-state index contributed by atoms with van der Waals surface area (Å²) in [6.07, 6.45) is 1.79. The van der Waals surface area contributed by atoms with Crippen molar-refractivity contribution in [2.45, 2.75) is 26.4 Å². The molecule has 3 heteroatoms. The number of hydrogen-bond acceptors (Lipinski definition) is 2. The van der Waals surface area contributed by atoms with E-state index in [1.165, 1.54) is 6.07 Å². The van der Waals surface area contributed by atoms with E-state index in [9.17, 15) is 4.39 Å². The third-order valence-corrected chi connectivity index (χ3v) is 3.03. The highest BCUT2D eigenvalue weighted by Gasteiger charge is 2.06. The molecule has 0 unspecified atom stereocenters. The van der Waals surface area contributed by atoms with Gasteiger partial charge in [0.05, 0.1) is 5.69 Å². The first kappa shape index (κ1) is 12.7. The van der Waals surface area contributed by atoms with E-state index in [0.29, 0.717) is 6.54 Å². The normalized spacial score (nSPS) is 12.4. The van der Waals surface area contributed by atoms with Gasteiger partial charge in [0.15, 0.2) is 0 Å². The van der Waals surface area contributed by atoms with Crippen LogP contribution in [0.5, 0.6) is 0 Å². The molecule has 1 atom stereocenters. The van der Waals surface area contributed by atoms with Crippen LogP contribution in [-0.4, -0.2) is 4.98 Å². The number of nitrogens with zero attached hydrogens (tertiary/aromatic N) is 1. The van der Waals surface area contributed by atoms with Gasteiger partial charge in [0.1, 0.15) is 5.82 Å². The molecule has 94 valence electrons. The van der Waals surface area contributed by atoms with Crippen molar-refractivity contribution in [3.05, 3.63) is 65.2 Å². The lowest BCUT2D eigenvalue weighted by atomic mass is 10.1. The Bertz CT molecular complexity index is 511. The molecule has 2 aromatic rings. The zero-order chi connectivity index (χ0) is 13.0. The average molecular weight is 244 g/mol. The van der Waals surface area contributed by atoms with E-state index in [4.69, 9.17) is 0 Å². The lowest BCUT2D eigenvalue weighted by Crippen LogP contribution is -2.19. The topological polar surface area (TPSA) is 24.9 Å². The van der Waals surface area contributed by atoms with Crippen LogP contribution in [0.25, 0.3) is 0 Å². The van der Waals surface area contributed by atoms with Crippen LogP contribution in [0, 0.1) is 12.7 Å². The average Bonchev–Trinajstić information content (AvgIpc) is 2.38. The standard InChI is InChI=1S/C15H17FN2/c1-11-9-14(16)7-6-13(11)10-18-12(2)15-5-3-4-8-17-15/h3-9,12,18H,10H2,1-2H3/t12-/m0/s1. The predicted octanol–water partition coefficient (Wildman–Crippen LogP) is 3.38. The van der Waals surface area contributed by atoms with E-state index in [1.807, 2.05) is 31.2 Å². The minimum Gasteiger partial charge on any atom is -0.305 e. The maximum absolute atomic E-state index is 13.0. The number of halogens is 1. The Morgan fingerprint density at radius 1 is 1.28 bits per heavy atom. The first-order chi connectivity index (χ1) is 8.66. The van der Waals surface area contributed by atoms with Crippen LogP contribution in [0.2, 0.25) is 0 Å². The highest BCUT2D eigenvalue weighted by atomic mass is 19.1. The van der Waals surface area contributed by atoms with Gasteiger partial charge in [-0.3, -0.25) is 4.98 Å². The lowest BCUT2D eigenvalue weighted by molar-refractivity contribution is 0.558. The highest BCUT2D eigenvalue weighted by molar-refractivity contribution is 5.26. The number of hydrogen-bond donors (Lipinski definition) is 1. The summed E-state index contributed by atoms with van der Waals surface area (Å²) in [5.74, 6) is -0.186. The van der Waals surface area contributed by atoms with E-state index < -0.39 is 0 Å². The van der Waals surface area contributed by atoms with Crippen molar-refractivity contribution in [3.63, 3.8) is 0 Å². The van der Waals surface area contributed by atoms with Gasteiger partial charge in [0.2, 0.25) is 0 Å². The molecule has 0 fully saturated rings. The monoisotopic (exact) mass is 244 g/mol.